The number of halogens is 1. The monoisotopic (exact) mass is 314 g/mol. The molecule has 0 fully saturated rings. The van der Waals surface area contributed by atoms with Crippen molar-refractivity contribution < 1.29 is 4.42 Å². The first kappa shape index (κ1) is 10.6. The summed E-state index contributed by atoms with van der Waals surface area (Å²) < 4.78 is 5.90. The molecule has 3 nitrogen and oxygen atoms in total. The van der Waals surface area contributed by atoms with Crippen molar-refractivity contribution in [2.24, 2.45) is 0 Å². The lowest BCUT2D eigenvalue weighted by molar-refractivity contribution is 0.468. The first-order valence-corrected chi connectivity index (χ1v) is 5.85. The Hall–Kier alpha value is -0.910. The van der Waals surface area contributed by atoms with Crippen LogP contribution >= 0.6 is 22.6 Å². The van der Waals surface area contributed by atoms with Crippen LogP contribution in [0.15, 0.2) is 28.7 Å². The average Bonchev–Trinajstić information content (AvgIpc) is 2.64. The van der Waals surface area contributed by atoms with Crippen molar-refractivity contribution in [1.82, 2.24) is 10.2 Å². The molecule has 0 saturated heterocycles. The maximum absolute atomic E-state index is 5.29. The summed E-state index contributed by atoms with van der Waals surface area (Å²) in [5, 5.41) is 7.74. The van der Waals surface area contributed by atoms with Gasteiger partial charge in [-0.25, -0.2) is 0 Å². The van der Waals surface area contributed by atoms with Gasteiger partial charge in [0, 0.05) is 29.0 Å². The maximum Gasteiger partial charge on any atom is 0.278 e. The molecule has 0 unspecified atom stereocenters. The van der Waals surface area contributed by atoms with E-state index in [4.69, 9.17) is 4.42 Å². The molecular formula is C11H11IN2O. The van der Waals surface area contributed by atoms with Crippen LogP contribution in [-0.2, 0) is 12.8 Å². The van der Waals surface area contributed by atoms with Crippen molar-refractivity contribution in [3.8, 4) is 0 Å². The second-order valence-electron chi connectivity index (χ2n) is 3.43. The van der Waals surface area contributed by atoms with Crippen LogP contribution in [0.3, 0.4) is 0 Å². The second kappa shape index (κ2) is 4.74. The fourth-order valence-corrected chi connectivity index (χ4v) is 1.70. The zero-order valence-corrected chi connectivity index (χ0v) is 10.6. The van der Waals surface area contributed by atoms with Crippen LogP contribution in [0.5, 0.6) is 0 Å². The summed E-state index contributed by atoms with van der Waals surface area (Å²) in [5.41, 5.74) is 2.58. The molecule has 0 aliphatic heterocycles. The third kappa shape index (κ3) is 3.02. The Kier molecular flexibility index (Phi) is 3.35. The zero-order chi connectivity index (χ0) is 10.7. The van der Waals surface area contributed by atoms with E-state index in [-0.39, 0.29) is 0 Å². The molecule has 0 radical (unpaired) electrons. The molecule has 4 heteroatoms. The summed E-state index contributed by atoms with van der Waals surface area (Å²) in [4.78, 5) is 0. The quantitative estimate of drug-likeness (QED) is 0.818. The number of hydrogen-bond donors (Lipinski definition) is 0. The van der Waals surface area contributed by atoms with Crippen molar-refractivity contribution in [1.29, 1.82) is 0 Å². The summed E-state index contributed by atoms with van der Waals surface area (Å²) in [6.07, 6.45) is 1.75. The topological polar surface area (TPSA) is 38.9 Å². The van der Waals surface area contributed by atoms with Crippen molar-refractivity contribution in [2.75, 3.05) is 0 Å². The van der Waals surface area contributed by atoms with Gasteiger partial charge < -0.3 is 4.42 Å². The number of hydrogen-bond acceptors (Lipinski definition) is 3. The highest BCUT2D eigenvalue weighted by atomic mass is 127. The van der Waals surface area contributed by atoms with Crippen molar-refractivity contribution in [2.45, 2.75) is 19.8 Å². The van der Waals surface area contributed by atoms with Crippen molar-refractivity contribution >= 4 is 22.6 Å². The van der Waals surface area contributed by atoms with Crippen molar-refractivity contribution in [3.05, 3.63) is 45.2 Å². The molecule has 0 atom stereocenters. The normalized spacial score (nSPS) is 10.5. The average molecular weight is 314 g/mol. The zero-order valence-electron chi connectivity index (χ0n) is 8.40. The van der Waals surface area contributed by atoms with E-state index in [9.17, 15) is 0 Å². The number of nitrogens with zero attached hydrogens (tertiary/aromatic N) is 2. The van der Waals surface area contributed by atoms with E-state index in [1.165, 1.54) is 11.1 Å². The Morgan fingerprint density at radius 1 is 1.13 bits per heavy atom. The number of benzene rings is 1. The minimum atomic E-state index is 0.603. The highest BCUT2D eigenvalue weighted by molar-refractivity contribution is 14.1. The van der Waals surface area contributed by atoms with Crippen LogP contribution in [0.25, 0.3) is 0 Å². The molecule has 0 bridgehead atoms. The molecule has 0 saturated carbocycles. The Morgan fingerprint density at radius 2 is 1.87 bits per heavy atom. The molecule has 2 rings (SSSR count). The van der Waals surface area contributed by atoms with E-state index in [2.05, 4.69) is 41.4 Å². The van der Waals surface area contributed by atoms with E-state index in [0.717, 1.165) is 12.8 Å². The minimum Gasteiger partial charge on any atom is -0.416 e. The summed E-state index contributed by atoms with van der Waals surface area (Å²) >= 11 is 2.02. The Bertz CT molecular complexity index is 436. The molecule has 0 spiro atoms. The van der Waals surface area contributed by atoms with Gasteiger partial charge in [-0.2, -0.15) is 0 Å². The third-order valence-corrected chi connectivity index (χ3v) is 2.63. The standard InChI is InChI=1S/C11H11IN2O/c1-8-2-4-9(5-3-8)6-7-10-13-14-11(12)15-10/h2-5H,6-7H2,1H3. The molecule has 78 valence electrons. The molecule has 2 aromatic rings. The lowest BCUT2D eigenvalue weighted by atomic mass is 10.1. The molecule has 0 N–H and O–H groups in total. The predicted molar refractivity (Wildman–Crippen MR) is 65.6 cm³/mol. The highest BCUT2D eigenvalue weighted by Crippen LogP contribution is 2.08. The summed E-state index contributed by atoms with van der Waals surface area (Å²) in [7, 11) is 0. The summed E-state index contributed by atoms with van der Waals surface area (Å²) in [6, 6.07) is 8.51. The van der Waals surface area contributed by atoms with E-state index >= 15 is 0 Å². The SMILES string of the molecule is Cc1ccc(CCc2nnc(I)o2)cc1. The number of aromatic nitrogens is 2. The molecular weight excluding hydrogens is 303 g/mol. The number of rotatable bonds is 3. The van der Waals surface area contributed by atoms with E-state index in [1.807, 2.05) is 22.6 Å². The lowest BCUT2D eigenvalue weighted by Crippen LogP contribution is -1.91. The van der Waals surface area contributed by atoms with E-state index < -0.39 is 0 Å². The molecule has 0 aliphatic rings. The van der Waals surface area contributed by atoms with Gasteiger partial charge in [0.05, 0.1) is 0 Å². The molecule has 1 heterocycles. The molecule has 0 aliphatic carbocycles. The smallest absolute Gasteiger partial charge is 0.278 e. The van der Waals surface area contributed by atoms with Crippen LogP contribution in [-0.4, -0.2) is 10.2 Å². The Balaban J connectivity index is 1.96. The first-order valence-electron chi connectivity index (χ1n) is 4.77. The largest absolute Gasteiger partial charge is 0.416 e. The molecule has 15 heavy (non-hydrogen) atoms. The van der Waals surface area contributed by atoms with Crippen LogP contribution in [0.1, 0.15) is 17.0 Å². The Labute approximate surface area is 102 Å². The predicted octanol–water partition coefficient (Wildman–Crippen LogP) is 2.77. The van der Waals surface area contributed by atoms with E-state index in [0.29, 0.717) is 9.79 Å². The van der Waals surface area contributed by atoms with Gasteiger partial charge in [0.2, 0.25) is 5.89 Å². The van der Waals surface area contributed by atoms with Crippen LogP contribution < -0.4 is 0 Å². The van der Waals surface area contributed by atoms with Crippen LogP contribution in [0.2, 0.25) is 0 Å². The van der Waals surface area contributed by atoms with Gasteiger partial charge in [-0.15, -0.1) is 10.2 Å². The van der Waals surface area contributed by atoms with Crippen molar-refractivity contribution in [3.63, 3.8) is 0 Å². The van der Waals surface area contributed by atoms with Gasteiger partial charge in [-0.05, 0) is 18.9 Å². The van der Waals surface area contributed by atoms with Gasteiger partial charge in [0.1, 0.15) is 0 Å². The fraction of sp³-hybridized carbons (Fsp3) is 0.273. The van der Waals surface area contributed by atoms with Gasteiger partial charge in [-0.3, -0.25) is 0 Å². The van der Waals surface area contributed by atoms with E-state index in [1.54, 1.807) is 0 Å². The highest BCUT2D eigenvalue weighted by Gasteiger charge is 2.03. The lowest BCUT2D eigenvalue weighted by Gasteiger charge is -1.98. The summed E-state index contributed by atoms with van der Waals surface area (Å²) in [5.74, 6) is 0.708. The molecule has 0 amide bonds. The van der Waals surface area contributed by atoms with Gasteiger partial charge >= 0.3 is 0 Å². The summed E-state index contributed by atoms with van der Waals surface area (Å²) in [6.45, 7) is 2.09. The third-order valence-electron chi connectivity index (χ3n) is 2.19. The number of aryl methyl sites for hydroxylation is 3. The molecule has 1 aromatic heterocycles. The van der Waals surface area contributed by atoms with Crippen LogP contribution in [0, 0.1) is 10.8 Å². The Morgan fingerprint density at radius 3 is 2.47 bits per heavy atom. The van der Waals surface area contributed by atoms with Gasteiger partial charge in [0.25, 0.3) is 3.90 Å². The minimum absolute atomic E-state index is 0.603. The molecule has 1 aromatic carbocycles. The fourth-order valence-electron chi connectivity index (χ4n) is 1.34. The van der Waals surface area contributed by atoms with Gasteiger partial charge in [-0.1, -0.05) is 29.8 Å². The first-order chi connectivity index (χ1) is 7.24. The second-order valence-corrected chi connectivity index (χ2v) is 4.36. The van der Waals surface area contributed by atoms with Crippen LogP contribution in [0.4, 0.5) is 0 Å². The maximum atomic E-state index is 5.29. The van der Waals surface area contributed by atoms with Gasteiger partial charge in [0.15, 0.2) is 0 Å².